The monoisotopic (exact) mass is 374 g/mol. The number of carbonyl (C=O) groups excluding carboxylic acids is 1. The smallest absolute Gasteiger partial charge is 0.265 e. The molecule has 3 rings (SSSR count). The van der Waals surface area contributed by atoms with Crippen LogP contribution in [0, 0.1) is 0 Å². The van der Waals surface area contributed by atoms with Crippen LogP contribution < -0.4 is 14.8 Å². The Bertz CT molecular complexity index is 853. The van der Waals surface area contributed by atoms with Gasteiger partial charge in [0.05, 0.1) is 11.4 Å². The quantitative estimate of drug-likeness (QED) is 0.743. The molecule has 0 radical (unpaired) electrons. The maximum Gasteiger partial charge on any atom is 0.265 e. The first-order valence-electron chi connectivity index (χ1n) is 8.61. The molecule has 0 spiro atoms. The first-order valence-corrected chi connectivity index (χ1v) is 10.3. The molecule has 2 aromatic carbocycles. The Morgan fingerprint density at radius 3 is 2.58 bits per heavy atom. The second-order valence-corrected chi connectivity index (χ2v) is 8.11. The summed E-state index contributed by atoms with van der Waals surface area (Å²) in [4.78, 5) is 12.0. The van der Waals surface area contributed by atoms with Crippen LogP contribution in [-0.2, 0) is 21.2 Å². The molecule has 1 atom stereocenters. The van der Waals surface area contributed by atoms with Crippen LogP contribution in [0.4, 0.5) is 5.69 Å². The summed E-state index contributed by atoms with van der Waals surface area (Å²) < 4.78 is 32.4. The first kappa shape index (κ1) is 18.4. The van der Waals surface area contributed by atoms with E-state index in [0.717, 1.165) is 5.56 Å². The molecule has 0 aliphatic carbocycles. The van der Waals surface area contributed by atoms with Crippen LogP contribution in [0.3, 0.4) is 0 Å². The van der Waals surface area contributed by atoms with E-state index in [0.29, 0.717) is 24.3 Å². The molecule has 26 heavy (non-hydrogen) atoms. The number of anilines is 1. The molecule has 1 unspecified atom stereocenters. The number of amides is 1. The van der Waals surface area contributed by atoms with Crippen LogP contribution in [0.1, 0.15) is 18.4 Å². The lowest BCUT2D eigenvalue weighted by atomic mass is 10.1. The molecule has 138 valence electrons. The van der Waals surface area contributed by atoms with Gasteiger partial charge in [0, 0.05) is 13.0 Å². The van der Waals surface area contributed by atoms with E-state index < -0.39 is 16.1 Å². The number of hydrogen-bond donors (Lipinski definition) is 2. The summed E-state index contributed by atoms with van der Waals surface area (Å²) in [6, 6.07) is 17.0. The highest BCUT2D eigenvalue weighted by molar-refractivity contribution is 7.89. The van der Waals surface area contributed by atoms with Gasteiger partial charge >= 0.3 is 0 Å². The van der Waals surface area contributed by atoms with Gasteiger partial charge in [-0.1, -0.05) is 42.5 Å². The fraction of sp³-hybridized carbons (Fsp3) is 0.316. The Labute approximate surface area is 153 Å². The summed E-state index contributed by atoms with van der Waals surface area (Å²) in [5.74, 6) is 0.400. The molecule has 0 aromatic heterocycles. The zero-order valence-corrected chi connectivity index (χ0v) is 15.2. The lowest BCUT2D eigenvalue weighted by molar-refractivity contribution is -0.123. The number of para-hydroxylation sites is 2. The standard InChI is InChI=1S/C19H22N2O4S/c22-19-18(25-17-11-5-4-10-16(17)21-19)12-13-20-26(23,24)14-6-9-15-7-2-1-3-8-15/h1-5,7-8,10-11,18,20H,6,9,12-14H2,(H,21,22). The minimum absolute atomic E-state index is 0.0580. The Morgan fingerprint density at radius 2 is 1.77 bits per heavy atom. The predicted molar refractivity (Wildman–Crippen MR) is 101 cm³/mol. The zero-order valence-electron chi connectivity index (χ0n) is 14.4. The van der Waals surface area contributed by atoms with Crippen molar-refractivity contribution in [1.82, 2.24) is 4.72 Å². The highest BCUT2D eigenvalue weighted by Crippen LogP contribution is 2.29. The second kappa shape index (κ2) is 8.33. The number of nitrogens with one attached hydrogen (secondary N) is 2. The first-order chi connectivity index (χ1) is 12.5. The van der Waals surface area contributed by atoms with E-state index in [1.54, 1.807) is 12.1 Å². The van der Waals surface area contributed by atoms with Gasteiger partial charge < -0.3 is 10.1 Å². The summed E-state index contributed by atoms with van der Waals surface area (Å²) >= 11 is 0. The van der Waals surface area contributed by atoms with Crippen molar-refractivity contribution in [3.05, 3.63) is 60.2 Å². The van der Waals surface area contributed by atoms with E-state index in [-0.39, 0.29) is 24.6 Å². The molecule has 6 nitrogen and oxygen atoms in total. The van der Waals surface area contributed by atoms with Crippen molar-refractivity contribution in [2.45, 2.75) is 25.4 Å². The summed E-state index contributed by atoms with van der Waals surface area (Å²) in [6.07, 6.45) is 0.842. The normalized spacial score (nSPS) is 16.5. The summed E-state index contributed by atoms with van der Waals surface area (Å²) in [5.41, 5.74) is 1.75. The van der Waals surface area contributed by atoms with Crippen molar-refractivity contribution in [2.24, 2.45) is 0 Å². The van der Waals surface area contributed by atoms with Crippen LogP contribution >= 0.6 is 0 Å². The molecule has 0 fully saturated rings. The fourth-order valence-electron chi connectivity index (χ4n) is 2.81. The molecular formula is C19H22N2O4S. The summed E-state index contributed by atoms with van der Waals surface area (Å²) in [5, 5.41) is 2.77. The average molecular weight is 374 g/mol. The molecule has 0 bridgehead atoms. The third-order valence-electron chi connectivity index (χ3n) is 4.16. The largest absolute Gasteiger partial charge is 0.478 e. The minimum atomic E-state index is -3.37. The van der Waals surface area contributed by atoms with E-state index >= 15 is 0 Å². The van der Waals surface area contributed by atoms with Crippen LogP contribution in [0.25, 0.3) is 0 Å². The molecule has 1 aliphatic rings. The van der Waals surface area contributed by atoms with Gasteiger partial charge in [-0.15, -0.1) is 0 Å². The number of rotatable bonds is 8. The maximum absolute atomic E-state index is 12.1. The molecule has 1 heterocycles. The minimum Gasteiger partial charge on any atom is -0.478 e. The molecule has 0 saturated heterocycles. The molecular weight excluding hydrogens is 352 g/mol. The third-order valence-corrected chi connectivity index (χ3v) is 5.63. The fourth-order valence-corrected chi connectivity index (χ4v) is 3.91. The van der Waals surface area contributed by atoms with Gasteiger partial charge in [-0.05, 0) is 30.5 Å². The van der Waals surface area contributed by atoms with E-state index in [1.165, 1.54) is 0 Å². The number of benzene rings is 2. The van der Waals surface area contributed by atoms with Crippen molar-refractivity contribution in [1.29, 1.82) is 0 Å². The van der Waals surface area contributed by atoms with E-state index in [2.05, 4.69) is 10.0 Å². The van der Waals surface area contributed by atoms with Gasteiger partial charge in [-0.25, -0.2) is 13.1 Å². The molecule has 7 heteroatoms. The van der Waals surface area contributed by atoms with Crippen molar-refractivity contribution < 1.29 is 17.9 Å². The molecule has 1 amide bonds. The molecule has 0 saturated carbocycles. The topological polar surface area (TPSA) is 84.5 Å². The summed E-state index contributed by atoms with van der Waals surface area (Å²) in [7, 11) is -3.37. The molecule has 1 aliphatic heterocycles. The lowest BCUT2D eigenvalue weighted by Gasteiger charge is -2.25. The lowest BCUT2D eigenvalue weighted by Crippen LogP contribution is -2.40. The van der Waals surface area contributed by atoms with Gasteiger partial charge in [-0.2, -0.15) is 0 Å². The second-order valence-electron chi connectivity index (χ2n) is 6.18. The van der Waals surface area contributed by atoms with Gasteiger partial charge in [-0.3, -0.25) is 4.79 Å². The van der Waals surface area contributed by atoms with Crippen molar-refractivity contribution >= 4 is 21.6 Å². The van der Waals surface area contributed by atoms with Crippen LogP contribution in [0.2, 0.25) is 0 Å². The van der Waals surface area contributed by atoms with Crippen LogP contribution in [0.5, 0.6) is 5.75 Å². The summed E-state index contributed by atoms with van der Waals surface area (Å²) in [6.45, 7) is 0.161. The number of fused-ring (bicyclic) bond motifs is 1. The SMILES string of the molecule is O=C1Nc2ccccc2OC1CCNS(=O)(=O)CCCc1ccccc1. The maximum atomic E-state index is 12.1. The van der Waals surface area contributed by atoms with Gasteiger partial charge in [0.25, 0.3) is 5.91 Å². The predicted octanol–water partition coefficient (Wildman–Crippen LogP) is 2.33. The Morgan fingerprint density at radius 1 is 1.04 bits per heavy atom. The van der Waals surface area contributed by atoms with E-state index in [1.807, 2.05) is 42.5 Å². The van der Waals surface area contributed by atoms with Crippen molar-refractivity contribution in [3.8, 4) is 5.75 Å². The van der Waals surface area contributed by atoms with E-state index in [4.69, 9.17) is 4.74 Å². The number of ether oxygens (including phenoxy) is 1. The van der Waals surface area contributed by atoms with Crippen LogP contribution in [-0.4, -0.2) is 32.7 Å². The number of hydrogen-bond acceptors (Lipinski definition) is 4. The number of aryl methyl sites for hydroxylation is 1. The number of sulfonamides is 1. The highest BCUT2D eigenvalue weighted by atomic mass is 32.2. The molecule has 2 aromatic rings. The molecule has 2 N–H and O–H groups in total. The van der Waals surface area contributed by atoms with E-state index in [9.17, 15) is 13.2 Å². The van der Waals surface area contributed by atoms with Crippen LogP contribution in [0.15, 0.2) is 54.6 Å². The Balaban J connectivity index is 1.43. The highest BCUT2D eigenvalue weighted by Gasteiger charge is 2.27. The van der Waals surface area contributed by atoms with Gasteiger partial charge in [0.2, 0.25) is 10.0 Å². The van der Waals surface area contributed by atoms with Gasteiger partial charge in [0.1, 0.15) is 5.75 Å². The van der Waals surface area contributed by atoms with Gasteiger partial charge in [0.15, 0.2) is 6.10 Å². The third kappa shape index (κ3) is 5.06. The zero-order chi connectivity index (χ0) is 18.4. The Hall–Kier alpha value is -2.38. The average Bonchev–Trinajstić information content (AvgIpc) is 2.63. The van der Waals surface area contributed by atoms with Crippen molar-refractivity contribution in [3.63, 3.8) is 0 Å². The Kier molecular flexibility index (Phi) is 5.90. The van der Waals surface area contributed by atoms with Crippen molar-refractivity contribution in [2.75, 3.05) is 17.6 Å². The number of carbonyl (C=O) groups is 1.